The number of hydrogen-bond donors (Lipinski definition) is 1. The largest absolute Gasteiger partial charge is 0.476 e. The third kappa shape index (κ3) is 2.09. The number of fused-ring (bicyclic) bond motifs is 1. The Hall–Kier alpha value is -2.82. The fourth-order valence-corrected chi connectivity index (χ4v) is 1.96. The van der Waals surface area contributed by atoms with E-state index in [0.717, 1.165) is 0 Å². The van der Waals surface area contributed by atoms with E-state index in [4.69, 9.17) is 0 Å². The number of carboxylic acids is 1. The van der Waals surface area contributed by atoms with Crippen LogP contribution in [0, 0.1) is 5.82 Å². The number of carbonyl (C=O) groups is 1. The Labute approximate surface area is 113 Å². The lowest BCUT2D eigenvalue weighted by Crippen LogP contribution is -2.06. The highest BCUT2D eigenvalue weighted by Gasteiger charge is 2.16. The number of benzene rings is 2. The van der Waals surface area contributed by atoms with Crippen molar-refractivity contribution in [2.75, 3.05) is 0 Å². The highest BCUT2D eigenvalue weighted by Crippen LogP contribution is 2.23. The Morgan fingerprint density at radius 1 is 0.950 bits per heavy atom. The lowest BCUT2D eigenvalue weighted by molar-refractivity contribution is 0.0691. The summed E-state index contributed by atoms with van der Waals surface area (Å²) in [6.07, 6.45) is 0. The van der Waals surface area contributed by atoms with Crippen molar-refractivity contribution in [2.45, 2.75) is 0 Å². The van der Waals surface area contributed by atoms with E-state index in [-0.39, 0.29) is 17.2 Å². The molecule has 0 saturated carbocycles. The third-order valence-corrected chi connectivity index (χ3v) is 2.89. The first-order chi connectivity index (χ1) is 9.65. The molecule has 1 heterocycles. The van der Waals surface area contributed by atoms with Crippen LogP contribution in [-0.4, -0.2) is 21.0 Å². The zero-order chi connectivity index (χ0) is 14.1. The van der Waals surface area contributed by atoms with Crippen LogP contribution in [0.1, 0.15) is 10.5 Å². The van der Waals surface area contributed by atoms with Crippen molar-refractivity contribution in [3.8, 4) is 11.3 Å². The zero-order valence-electron chi connectivity index (χ0n) is 10.2. The quantitative estimate of drug-likeness (QED) is 0.775. The van der Waals surface area contributed by atoms with E-state index in [0.29, 0.717) is 16.6 Å². The first-order valence-electron chi connectivity index (χ1n) is 5.91. The van der Waals surface area contributed by atoms with Gasteiger partial charge in [0, 0.05) is 5.56 Å². The van der Waals surface area contributed by atoms with Gasteiger partial charge in [0.25, 0.3) is 0 Å². The van der Waals surface area contributed by atoms with Crippen molar-refractivity contribution < 1.29 is 14.3 Å². The second kappa shape index (κ2) is 4.70. The smallest absolute Gasteiger partial charge is 0.356 e. The number of rotatable bonds is 2. The van der Waals surface area contributed by atoms with Crippen molar-refractivity contribution >= 4 is 17.0 Å². The molecule has 0 aliphatic heterocycles. The van der Waals surface area contributed by atoms with Gasteiger partial charge < -0.3 is 5.11 Å². The lowest BCUT2D eigenvalue weighted by Gasteiger charge is -2.06. The van der Waals surface area contributed by atoms with Gasteiger partial charge in [-0.3, -0.25) is 0 Å². The standard InChI is InChI=1S/C15H9FN2O2/c16-10-7-5-9(6-8-10)13-14(15(19)20)18-12-4-2-1-3-11(12)17-13/h1-8H,(H,19,20). The highest BCUT2D eigenvalue weighted by atomic mass is 19.1. The Kier molecular flexibility index (Phi) is 2.87. The van der Waals surface area contributed by atoms with Crippen LogP contribution >= 0.6 is 0 Å². The minimum Gasteiger partial charge on any atom is -0.476 e. The van der Waals surface area contributed by atoms with E-state index in [2.05, 4.69) is 9.97 Å². The van der Waals surface area contributed by atoms with Gasteiger partial charge in [0.2, 0.25) is 0 Å². The molecule has 2 aromatic carbocycles. The van der Waals surface area contributed by atoms with Crippen LogP contribution in [0.2, 0.25) is 0 Å². The maximum atomic E-state index is 13.0. The first kappa shape index (κ1) is 12.2. The summed E-state index contributed by atoms with van der Waals surface area (Å²) in [5.74, 6) is -1.55. The second-order valence-electron chi connectivity index (χ2n) is 4.22. The summed E-state index contributed by atoms with van der Waals surface area (Å²) in [6.45, 7) is 0. The molecule has 0 amide bonds. The van der Waals surface area contributed by atoms with Crippen molar-refractivity contribution in [3.63, 3.8) is 0 Å². The Morgan fingerprint density at radius 2 is 1.55 bits per heavy atom. The lowest BCUT2D eigenvalue weighted by atomic mass is 10.1. The molecule has 1 N–H and O–H groups in total. The van der Waals surface area contributed by atoms with Gasteiger partial charge in [-0.25, -0.2) is 19.2 Å². The van der Waals surface area contributed by atoms with E-state index < -0.39 is 5.97 Å². The molecular weight excluding hydrogens is 259 g/mol. The van der Waals surface area contributed by atoms with Gasteiger partial charge in [0.05, 0.1) is 11.0 Å². The summed E-state index contributed by atoms with van der Waals surface area (Å²) in [6, 6.07) is 12.5. The Bertz CT molecular complexity index is 801. The molecule has 20 heavy (non-hydrogen) atoms. The molecule has 0 aliphatic rings. The van der Waals surface area contributed by atoms with Crippen molar-refractivity contribution in [2.24, 2.45) is 0 Å². The molecule has 0 saturated heterocycles. The topological polar surface area (TPSA) is 63.1 Å². The third-order valence-electron chi connectivity index (χ3n) is 2.89. The summed E-state index contributed by atoms with van der Waals surface area (Å²) >= 11 is 0. The van der Waals surface area contributed by atoms with Crippen LogP contribution in [0.3, 0.4) is 0 Å². The summed E-state index contributed by atoms with van der Waals surface area (Å²) in [5, 5.41) is 9.26. The van der Waals surface area contributed by atoms with Gasteiger partial charge >= 0.3 is 5.97 Å². The Morgan fingerprint density at radius 3 is 2.15 bits per heavy atom. The van der Waals surface area contributed by atoms with Gasteiger partial charge in [0.15, 0.2) is 5.69 Å². The number of carboxylic acid groups (broad SMARTS) is 1. The molecule has 0 unspecified atom stereocenters. The number of aromatic carboxylic acids is 1. The van der Waals surface area contributed by atoms with Crippen LogP contribution in [0.25, 0.3) is 22.3 Å². The molecule has 1 aromatic heterocycles. The van der Waals surface area contributed by atoms with Crippen molar-refractivity contribution in [1.82, 2.24) is 9.97 Å². The molecule has 0 aliphatic carbocycles. The molecular formula is C15H9FN2O2. The van der Waals surface area contributed by atoms with Crippen LogP contribution < -0.4 is 0 Å². The monoisotopic (exact) mass is 268 g/mol. The summed E-state index contributed by atoms with van der Waals surface area (Å²) in [5.41, 5.74) is 1.71. The molecule has 0 spiro atoms. The van der Waals surface area contributed by atoms with Gasteiger partial charge in [0.1, 0.15) is 11.5 Å². The summed E-state index contributed by atoms with van der Waals surface area (Å²) in [7, 11) is 0. The van der Waals surface area contributed by atoms with Crippen molar-refractivity contribution in [3.05, 3.63) is 60.0 Å². The predicted molar refractivity (Wildman–Crippen MR) is 71.9 cm³/mol. The fourth-order valence-electron chi connectivity index (χ4n) is 1.96. The van der Waals surface area contributed by atoms with Crippen LogP contribution in [-0.2, 0) is 0 Å². The molecule has 4 nitrogen and oxygen atoms in total. The van der Waals surface area contributed by atoms with E-state index in [1.807, 2.05) is 0 Å². The van der Waals surface area contributed by atoms with Crippen LogP contribution in [0.15, 0.2) is 48.5 Å². The number of para-hydroxylation sites is 2. The number of halogens is 1. The molecule has 0 bridgehead atoms. The Balaban J connectivity index is 2.29. The number of aromatic nitrogens is 2. The normalized spacial score (nSPS) is 10.7. The second-order valence-corrected chi connectivity index (χ2v) is 4.22. The van der Waals surface area contributed by atoms with E-state index in [1.54, 1.807) is 24.3 Å². The average molecular weight is 268 g/mol. The first-order valence-corrected chi connectivity index (χ1v) is 5.91. The minimum atomic E-state index is -1.16. The van der Waals surface area contributed by atoms with Gasteiger partial charge in [-0.1, -0.05) is 12.1 Å². The molecule has 3 rings (SSSR count). The van der Waals surface area contributed by atoms with Gasteiger partial charge in [-0.05, 0) is 36.4 Å². The van der Waals surface area contributed by atoms with Gasteiger partial charge in [-0.2, -0.15) is 0 Å². The van der Waals surface area contributed by atoms with Crippen LogP contribution in [0.4, 0.5) is 4.39 Å². The van der Waals surface area contributed by atoms with E-state index >= 15 is 0 Å². The summed E-state index contributed by atoms with van der Waals surface area (Å²) in [4.78, 5) is 19.8. The molecule has 0 fully saturated rings. The van der Waals surface area contributed by atoms with Crippen LogP contribution in [0.5, 0.6) is 0 Å². The van der Waals surface area contributed by atoms with Crippen molar-refractivity contribution in [1.29, 1.82) is 0 Å². The van der Waals surface area contributed by atoms with E-state index in [9.17, 15) is 14.3 Å². The van der Waals surface area contributed by atoms with E-state index in [1.165, 1.54) is 24.3 Å². The molecule has 3 aromatic rings. The molecule has 98 valence electrons. The average Bonchev–Trinajstić information content (AvgIpc) is 2.46. The summed E-state index contributed by atoms with van der Waals surface area (Å²) < 4.78 is 13.0. The highest BCUT2D eigenvalue weighted by molar-refractivity contribution is 5.95. The zero-order valence-corrected chi connectivity index (χ0v) is 10.2. The maximum Gasteiger partial charge on any atom is 0.356 e. The molecule has 0 radical (unpaired) electrons. The molecule has 0 atom stereocenters. The fraction of sp³-hybridized carbons (Fsp3) is 0. The SMILES string of the molecule is O=C(O)c1nc2ccccc2nc1-c1ccc(F)cc1. The number of nitrogens with zero attached hydrogens (tertiary/aromatic N) is 2. The number of hydrogen-bond acceptors (Lipinski definition) is 3. The molecule has 5 heteroatoms. The van der Waals surface area contributed by atoms with Gasteiger partial charge in [-0.15, -0.1) is 0 Å². The maximum absolute atomic E-state index is 13.0. The predicted octanol–water partition coefficient (Wildman–Crippen LogP) is 3.13. The minimum absolute atomic E-state index is 0.143.